The van der Waals surface area contributed by atoms with Gasteiger partial charge in [-0.05, 0) is 60.0 Å². The molecule has 1 heterocycles. The molecule has 1 aliphatic rings. The van der Waals surface area contributed by atoms with Crippen LogP contribution in [0.25, 0.3) is 0 Å². The van der Waals surface area contributed by atoms with Gasteiger partial charge in [0.1, 0.15) is 11.6 Å². The summed E-state index contributed by atoms with van der Waals surface area (Å²) in [6, 6.07) is 14.8. The molecule has 0 radical (unpaired) electrons. The van der Waals surface area contributed by atoms with Gasteiger partial charge in [0, 0.05) is 0 Å². The number of guanidine groups is 1. The third kappa shape index (κ3) is 5.05. The predicted octanol–water partition coefficient (Wildman–Crippen LogP) is 6.87. The van der Waals surface area contributed by atoms with E-state index in [1.807, 2.05) is 12.1 Å². The van der Waals surface area contributed by atoms with Gasteiger partial charge in [0.2, 0.25) is 5.96 Å². The van der Waals surface area contributed by atoms with Crippen LogP contribution in [0.15, 0.2) is 70.6 Å². The van der Waals surface area contributed by atoms with Crippen molar-refractivity contribution in [1.29, 1.82) is 0 Å². The molecule has 1 aliphatic heterocycles. The first-order chi connectivity index (χ1) is 14.8. The molecule has 0 bridgehead atoms. The molecule has 4 nitrogen and oxygen atoms in total. The molecule has 3 aromatic carbocycles. The molecule has 0 aromatic heterocycles. The van der Waals surface area contributed by atoms with Gasteiger partial charge in [-0.1, -0.05) is 29.8 Å². The van der Waals surface area contributed by atoms with Gasteiger partial charge in [-0.2, -0.15) is 13.2 Å². The van der Waals surface area contributed by atoms with E-state index in [4.69, 9.17) is 16.3 Å². The third-order valence-electron chi connectivity index (χ3n) is 4.25. The normalized spacial score (nSPS) is 14.5. The van der Waals surface area contributed by atoms with E-state index >= 15 is 0 Å². The summed E-state index contributed by atoms with van der Waals surface area (Å²) >= 11 is 7.42. The molecule has 0 unspecified atom stereocenters. The van der Waals surface area contributed by atoms with Gasteiger partial charge in [-0.3, -0.25) is 4.72 Å². The molecule has 0 aliphatic carbocycles. The van der Waals surface area contributed by atoms with Gasteiger partial charge in [0.05, 0.1) is 27.7 Å². The third-order valence-corrected chi connectivity index (χ3v) is 5.42. The molecule has 0 saturated heterocycles. The molecule has 0 saturated carbocycles. The average molecular weight is 468 g/mol. The number of nitrogens with zero attached hydrogens (tertiary/aromatic N) is 1. The molecule has 2 N–H and O–H groups in total. The number of rotatable bonds is 4. The van der Waals surface area contributed by atoms with Crippen molar-refractivity contribution in [3.8, 4) is 11.5 Å². The average Bonchev–Trinajstić information content (AvgIpc) is 2.73. The molecule has 3 aromatic rings. The monoisotopic (exact) mass is 467 g/mol. The lowest BCUT2D eigenvalue weighted by Crippen LogP contribution is -2.29. The van der Waals surface area contributed by atoms with Crippen molar-refractivity contribution in [3.05, 3.63) is 82.6 Å². The van der Waals surface area contributed by atoms with E-state index in [9.17, 15) is 17.6 Å². The lowest BCUT2D eigenvalue weighted by atomic mass is 10.1. The lowest BCUT2D eigenvalue weighted by Gasteiger charge is -2.23. The van der Waals surface area contributed by atoms with Crippen LogP contribution in [0, 0.1) is 5.82 Å². The highest BCUT2D eigenvalue weighted by Crippen LogP contribution is 2.40. The number of ether oxygens (including phenoxy) is 1. The van der Waals surface area contributed by atoms with E-state index in [0.717, 1.165) is 17.0 Å². The molecule has 0 fully saturated rings. The number of alkyl halides is 3. The topological polar surface area (TPSA) is 45.7 Å². The fourth-order valence-electron chi connectivity index (χ4n) is 2.84. The van der Waals surface area contributed by atoms with Crippen molar-refractivity contribution < 1.29 is 22.3 Å². The minimum atomic E-state index is -4.63. The molecule has 0 spiro atoms. The van der Waals surface area contributed by atoms with Crippen LogP contribution in [0.3, 0.4) is 0 Å². The Labute approximate surface area is 184 Å². The van der Waals surface area contributed by atoms with E-state index in [-0.39, 0.29) is 12.1 Å². The quantitative estimate of drug-likeness (QED) is 0.325. The van der Waals surface area contributed by atoms with E-state index in [0.29, 0.717) is 34.2 Å². The largest absolute Gasteiger partial charge is 0.454 e. The van der Waals surface area contributed by atoms with Crippen molar-refractivity contribution in [1.82, 2.24) is 4.72 Å². The number of para-hydroxylation sites is 2. The summed E-state index contributed by atoms with van der Waals surface area (Å²) in [6.45, 7) is -0.153. The summed E-state index contributed by atoms with van der Waals surface area (Å²) < 4.78 is 61.2. The van der Waals surface area contributed by atoms with Crippen molar-refractivity contribution in [2.45, 2.75) is 17.6 Å². The van der Waals surface area contributed by atoms with Crippen LogP contribution in [0.2, 0.25) is 5.02 Å². The standard InChI is InChI=1S/C21H14ClF4N3OS/c22-15-4-1-2-5-16(15)30-17-6-3-7-18-19(17)28-20(29-31-18)27-11-12-8-13(21(24,25)26)10-14(23)9-12/h1-10H,11H2,(H2,27,28,29). The maximum atomic E-state index is 13.6. The van der Waals surface area contributed by atoms with E-state index < -0.39 is 17.6 Å². The molecule has 10 heteroatoms. The number of hydrogen-bond donors (Lipinski definition) is 2. The molecule has 4 rings (SSSR count). The second-order valence-electron chi connectivity index (χ2n) is 6.50. The molecule has 31 heavy (non-hydrogen) atoms. The second-order valence-corrected chi connectivity index (χ2v) is 7.76. The van der Waals surface area contributed by atoms with Crippen molar-refractivity contribution in [3.63, 3.8) is 0 Å². The Balaban J connectivity index is 1.56. The van der Waals surface area contributed by atoms with E-state index in [2.05, 4.69) is 15.0 Å². The van der Waals surface area contributed by atoms with Crippen LogP contribution >= 0.6 is 23.5 Å². The molecule has 160 valence electrons. The summed E-state index contributed by atoms with van der Waals surface area (Å²) in [5.41, 5.74) is -0.331. The van der Waals surface area contributed by atoms with Gasteiger partial charge in [-0.25, -0.2) is 9.38 Å². The van der Waals surface area contributed by atoms with E-state index in [1.165, 1.54) is 11.9 Å². The highest BCUT2D eigenvalue weighted by Gasteiger charge is 2.31. The van der Waals surface area contributed by atoms with Crippen LogP contribution in [0.5, 0.6) is 11.5 Å². The predicted molar refractivity (Wildman–Crippen MR) is 113 cm³/mol. The minimum absolute atomic E-state index is 0.0971. The second kappa shape index (κ2) is 8.68. The number of fused-ring (bicyclic) bond motifs is 1. The van der Waals surface area contributed by atoms with Crippen LogP contribution in [0.1, 0.15) is 11.1 Å². The number of benzene rings is 3. The van der Waals surface area contributed by atoms with Crippen LogP contribution in [0.4, 0.5) is 23.2 Å². The zero-order chi connectivity index (χ0) is 22.0. The van der Waals surface area contributed by atoms with Gasteiger partial charge in [0.15, 0.2) is 5.75 Å². The summed E-state index contributed by atoms with van der Waals surface area (Å²) in [7, 11) is 0. The Morgan fingerprint density at radius 2 is 1.77 bits per heavy atom. The van der Waals surface area contributed by atoms with Crippen molar-refractivity contribution in [2.75, 3.05) is 5.32 Å². The summed E-state index contributed by atoms with van der Waals surface area (Å²) in [5, 5.41) is 3.52. The number of anilines is 1. The van der Waals surface area contributed by atoms with Crippen molar-refractivity contribution in [2.24, 2.45) is 4.99 Å². The zero-order valence-electron chi connectivity index (χ0n) is 15.6. The highest BCUT2D eigenvalue weighted by molar-refractivity contribution is 7.98. The Kier molecular flexibility index (Phi) is 5.97. The maximum Gasteiger partial charge on any atom is 0.416 e. The van der Waals surface area contributed by atoms with Gasteiger partial charge < -0.3 is 10.1 Å². The molecular weight excluding hydrogens is 454 g/mol. The first-order valence-corrected chi connectivity index (χ1v) is 10.2. The Morgan fingerprint density at radius 3 is 2.55 bits per heavy atom. The molecule has 0 amide bonds. The summed E-state index contributed by atoms with van der Waals surface area (Å²) in [4.78, 5) is 5.07. The van der Waals surface area contributed by atoms with Crippen LogP contribution in [-0.4, -0.2) is 5.96 Å². The zero-order valence-corrected chi connectivity index (χ0v) is 17.2. The minimum Gasteiger partial charge on any atom is -0.454 e. The maximum absolute atomic E-state index is 13.6. The van der Waals surface area contributed by atoms with Crippen LogP contribution < -0.4 is 14.8 Å². The first-order valence-electron chi connectivity index (χ1n) is 8.96. The number of nitrogens with one attached hydrogen (secondary N) is 2. The first kappa shape index (κ1) is 21.3. The Hall–Kier alpha value is -2.91. The van der Waals surface area contributed by atoms with Crippen molar-refractivity contribution >= 4 is 35.2 Å². The van der Waals surface area contributed by atoms with Gasteiger partial charge in [0.25, 0.3) is 0 Å². The Bertz CT molecular complexity index is 1150. The van der Waals surface area contributed by atoms with Crippen LogP contribution in [-0.2, 0) is 12.7 Å². The summed E-state index contributed by atoms with van der Waals surface area (Å²) in [5.74, 6) is 0.300. The smallest absolute Gasteiger partial charge is 0.416 e. The van der Waals surface area contributed by atoms with E-state index in [1.54, 1.807) is 30.3 Å². The van der Waals surface area contributed by atoms with Gasteiger partial charge in [-0.15, -0.1) is 0 Å². The Morgan fingerprint density at radius 1 is 1.00 bits per heavy atom. The fourth-order valence-corrected chi connectivity index (χ4v) is 3.74. The molecular formula is C21H14ClF4N3OS. The lowest BCUT2D eigenvalue weighted by molar-refractivity contribution is -0.137. The highest BCUT2D eigenvalue weighted by atomic mass is 35.5. The SMILES string of the molecule is Fc1cc(CN=C2NSc3cccc(Oc4ccccc4Cl)c3N2)cc(C(F)(F)F)c1. The fraction of sp³-hybridized carbons (Fsp3) is 0.0952. The number of hydrogen-bond acceptors (Lipinski definition) is 3. The number of aliphatic imine (C=N–C) groups is 1. The summed E-state index contributed by atoms with van der Waals surface area (Å²) in [6.07, 6.45) is -4.63. The van der Waals surface area contributed by atoms with Gasteiger partial charge >= 0.3 is 6.18 Å². The molecule has 0 atom stereocenters. The number of halogens is 5.